The molecule has 0 amide bonds. The van der Waals surface area contributed by atoms with Crippen molar-refractivity contribution in [2.45, 2.75) is 6.54 Å². The minimum atomic E-state index is 0.491. The Hall–Kier alpha value is -1.24. The normalized spacial score (nSPS) is 16.4. The second-order valence-electron chi connectivity index (χ2n) is 1.99. The zero-order valence-electron chi connectivity index (χ0n) is 5.66. The lowest BCUT2D eigenvalue weighted by Gasteiger charge is -2.00. The van der Waals surface area contributed by atoms with Gasteiger partial charge in [0.1, 0.15) is 5.69 Å². The maximum Gasteiger partial charge on any atom is 0.262 e. The molecule has 0 aromatic carbocycles. The van der Waals surface area contributed by atoms with Crippen molar-refractivity contribution in [3.05, 3.63) is 18.1 Å². The molecule has 0 saturated carbocycles. The summed E-state index contributed by atoms with van der Waals surface area (Å²) in [4.78, 5) is 13.0. The summed E-state index contributed by atoms with van der Waals surface area (Å²) in [5.74, 6) is 0.491. The van der Waals surface area contributed by atoms with Crippen molar-refractivity contribution >= 4 is 0 Å². The molecule has 1 aliphatic rings. The molecule has 2 heterocycles. The van der Waals surface area contributed by atoms with Crippen LogP contribution in [-0.2, 0) is 6.54 Å². The Morgan fingerprint density at radius 1 is 1.36 bits per heavy atom. The van der Waals surface area contributed by atoms with Gasteiger partial charge in [-0.05, 0) is 0 Å². The Labute approximate surface area is 62.9 Å². The van der Waals surface area contributed by atoms with Crippen molar-refractivity contribution in [2.24, 2.45) is 0 Å². The van der Waals surface area contributed by atoms with Gasteiger partial charge in [-0.2, -0.15) is 5.53 Å². The minimum absolute atomic E-state index is 0.491. The van der Waals surface area contributed by atoms with E-state index in [-0.39, 0.29) is 0 Å². The van der Waals surface area contributed by atoms with Crippen molar-refractivity contribution in [3.8, 4) is 5.88 Å². The van der Waals surface area contributed by atoms with Gasteiger partial charge in [0, 0.05) is 12.4 Å². The van der Waals surface area contributed by atoms with Gasteiger partial charge in [-0.15, -0.1) is 0 Å². The topological polar surface area (TPSA) is 71.1 Å². The first-order valence-corrected chi connectivity index (χ1v) is 3.16. The molecule has 0 spiro atoms. The summed E-state index contributed by atoms with van der Waals surface area (Å²) in [6.45, 7) is 0.580. The fourth-order valence-electron chi connectivity index (χ4n) is 0.798. The lowest BCUT2D eigenvalue weighted by atomic mass is 10.4. The van der Waals surface area contributed by atoms with Crippen LogP contribution in [0.5, 0.6) is 5.88 Å². The van der Waals surface area contributed by atoms with E-state index in [0.29, 0.717) is 12.4 Å². The van der Waals surface area contributed by atoms with E-state index < -0.39 is 0 Å². The molecule has 6 heteroatoms. The van der Waals surface area contributed by atoms with Crippen molar-refractivity contribution in [2.75, 3.05) is 0 Å². The van der Waals surface area contributed by atoms with Crippen LogP contribution in [0.25, 0.3) is 0 Å². The van der Waals surface area contributed by atoms with Gasteiger partial charge in [-0.1, -0.05) is 5.59 Å². The van der Waals surface area contributed by atoms with Crippen molar-refractivity contribution in [1.29, 1.82) is 0 Å². The number of fused-ring (bicyclic) bond motifs is 1. The molecule has 11 heavy (non-hydrogen) atoms. The van der Waals surface area contributed by atoms with Crippen molar-refractivity contribution in [3.63, 3.8) is 0 Å². The number of aromatic nitrogens is 2. The molecule has 1 aromatic heterocycles. The SMILES string of the molecule is c1cnc2c(n1)CNNNO2. The number of nitrogens with one attached hydrogen (secondary N) is 3. The zero-order valence-corrected chi connectivity index (χ0v) is 5.66. The summed E-state index contributed by atoms with van der Waals surface area (Å²) < 4.78 is 0. The molecule has 0 fully saturated rings. The monoisotopic (exact) mass is 153 g/mol. The molecule has 0 bridgehead atoms. The highest BCUT2D eigenvalue weighted by atomic mass is 16.7. The third-order valence-corrected chi connectivity index (χ3v) is 1.28. The predicted octanol–water partition coefficient (Wildman–Crippen LogP) is -1.12. The summed E-state index contributed by atoms with van der Waals surface area (Å²) in [6, 6.07) is 0. The zero-order chi connectivity index (χ0) is 7.52. The Bertz CT molecular complexity index is 227. The molecule has 0 radical (unpaired) electrons. The van der Waals surface area contributed by atoms with Crippen LogP contribution in [0.4, 0.5) is 0 Å². The fraction of sp³-hybridized carbons (Fsp3) is 0.200. The van der Waals surface area contributed by atoms with E-state index >= 15 is 0 Å². The quantitative estimate of drug-likeness (QED) is 0.438. The number of hydrazine groups is 2. The van der Waals surface area contributed by atoms with E-state index in [1.54, 1.807) is 12.4 Å². The van der Waals surface area contributed by atoms with Crippen LogP contribution < -0.4 is 21.4 Å². The van der Waals surface area contributed by atoms with Gasteiger partial charge in [0.05, 0.1) is 6.54 Å². The molecule has 2 rings (SSSR count). The summed E-state index contributed by atoms with van der Waals surface area (Å²) in [5, 5.41) is 0. The average molecular weight is 153 g/mol. The van der Waals surface area contributed by atoms with Gasteiger partial charge >= 0.3 is 0 Å². The molecule has 6 nitrogen and oxygen atoms in total. The molecule has 0 atom stereocenters. The lowest BCUT2D eigenvalue weighted by Crippen LogP contribution is -2.42. The molecule has 58 valence electrons. The lowest BCUT2D eigenvalue weighted by molar-refractivity contribution is 0.133. The van der Waals surface area contributed by atoms with Gasteiger partial charge in [-0.25, -0.2) is 10.4 Å². The van der Waals surface area contributed by atoms with Gasteiger partial charge < -0.3 is 4.84 Å². The highest BCUT2D eigenvalue weighted by Gasteiger charge is 2.08. The highest BCUT2D eigenvalue weighted by Crippen LogP contribution is 2.09. The van der Waals surface area contributed by atoms with Gasteiger partial charge in [0.2, 0.25) is 0 Å². The highest BCUT2D eigenvalue weighted by molar-refractivity contribution is 5.16. The van der Waals surface area contributed by atoms with Crippen molar-refractivity contribution in [1.82, 2.24) is 26.5 Å². The van der Waals surface area contributed by atoms with Crippen LogP contribution in [0.15, 0.2) is 12.4 Å². The molecule has 1 aliphatic heterocycles. The molecule has 0 unspecified atom stereocenters. The summed E-state index contributed by atoms with van der Waals surface area (Å²) in [6.07, 6.45) is 3.20. The Kier molecular flexibility index (Phi) is 1.64. The third kappa shape index (κ3) is 1.27. The molecule has 0 aliphatic carbocycles. The molecule has 1 aromatic rings. The van der Waals surface area contributed by atoms with Crippen LogP contribution in [0.3, 0.4) is 0 Å². The van der Waals surface area contributed by atoms with Crippen LogP contribution in [0.2, 0.25) is 0 Å². The Balaban J connectivity index is 2.33. The third-order valence-electron chi connectivity index (χ3n) is 1.28. The Morgan fingerprint density at radius 2 is 2.27 bits per heavy atom. The summed E-state index contributed by atoms with van der Waals surface area (Å²) in [5.41, 5.74) is 8.62. The number of hydrogen-bond donors (Lipinski definition) is 3. The first-order valence-electron chi connectivity index (χ1n) is 3.16. The van der Waals surface area contributed by atoms with Crippen LogP contribution in [0, 0.1) is 0 Å². The molecular formula is C5H7N5O. The molecular weight excluding hydrogens is 146 g/mol. The number of nitrogens with zero attached hydrogens (tertiary/aromatic N) is 2. The first-order chi connectivity index (χ1) is 5.47. The summed E-state index contributed by atoms with van der Waals surface area (Å²) in [7, 11) is 0. The molecule has 0 saturated heterocycles. The van der Waals surface area contributed by atoms with E-state index in [2.05, 4.69) is 26.5 Å². The predicted molar refractivity (Wildman–Crippen MR) is 35.8 cm³/mol. The maximum atomic E-state index is 4.95. The number of rotatable bonds is 0. The summed E-state index contributed by atoms with van der Waals surface area (Å²) >= 11 is 0. The van der Waals surface area contributed by atoms with Gasteiger partial charge in [0.15, 0.2) is 0 Å². The second kappa shape index (κ2) is 2.79. The largest absolute Gasteiger partial charge is 0.370 e. The van der Waals surface area contributed by atoms with Gasteiger partial charge in [0.25, 0.3) is 5.88 Å². The van der Waals surface area contributed by atoms with Crippen LogP contribution in [0.1, 0.15) is 5.69 Å². The Morgan fingerprint density at radius 3 is 3.27 bits per heavy atom. The first kappa shape index (κ1) is 6.47. The maximum absolute atomic E-state index is 4.95. The average Bonchev–Trinajstić information content (AvgIpc) is 2.28. The molecule has 3 N–H and O–H groups in total. The second-order valence-corrected chi connectivity index (χ2v) is 1.99. The van der Waals surface area contributed by atoms with E-state index in [4.69, 9.17) is 4.84 Å². The van der Waals surface area contributed by atoms with Crippen molar-refractivity contribution < 1.29 is 4.84 Å². The van der Waals surface area contributed by atoms with E-state index in [1.165, 1.54) is 0 Å². The van der Waals surface area contributed by atoms with Gasteiger partial charge in [-0.3, -0.25) is 4.98 Å². The standard InChI is InChI=1S/C5H7N5O/c1-2-7-5-4(6-1)3-8-9-10-11-5/h1-2,8-10H,3H2. The van der Waals surface area contributed by atoms with E-state index in [1.807, 2.05) is 0 Å². The fourth-order valence-corrected chi connectivity index (χ4v) is 0.798. The number of hydrogen-bond acceptors (Lipinski definition) is 6. The van der Waals surface area contributed by atoms with Crippen LogP contribution in [-0.4, -0.2) is 9.97 Å². The van der Waals surface area contributed by atoms with Crippen LogP contribution >= 0.6 is 0 Å². The minimum Gasteiger partial charge on any atom is -0.370 e. The smallest absolute Gasteiger partial charge is 0.262 e. The van der Waals surface area contributed by atoms with E-state index in [9.17, 15) is 0 Å². The van der Waals surface area contributed by atoms with E-state index in [0.717, 1.165) is 5.69 Å².